The fraction of sp³-hybridized carbons (Fsp3) is 0.600. The SMILES string of the molecule is CC1=C(C)C(C)C(C)=C1C.[Cl-].[Cl-].[Cl-].[Ru+3]. The Hall–Kier alpha value is 0.973. The maximum absolute atomic E-state index is 2.28. The minimum Gasteiger partial charge on any atom is -1.00 e. The molecule has 0 saturated carbocycles. The molecule has 14 heavy (non-hydrogen) atoms. The molecule has 0 bridgehead atoms. The van der Waals surface area contributed by atoms with Crippen LogP contribution in [-0.2, 0) is 19.5 Å². The zero-order valence-corrected chi connectivity index (χ0v) is 13.1. The summed E-state index contributed by atoms with van der Waals surface area (Å²) in [5, 5.41) is 0. The van der Waals surface area contributed by atoms with Gasteiger partial charge in [0.05, 0.1) is 0 Å². The average Bonchev–Trinajstić information content (AvgIpc) is 2.07. The van der Waals surface area contributed by atoms with Gasteiger partial charge in [0.1, 0.15) is 0 Å². The number of halogens is 3. The van der Waals surface area contributed by atoms with Gasteiger partial charge in [-0.25, -0.2) is 0 Å². The van der Waals surface area contributed by atoms with Crippen molar-refractivity contribution in [3.8, 4) is 0 Å². The average molecular weight is 344 g/mol. The van der Waals surface area contributed by atoms with Crippen LogP contribution in [0.4, 0.5) is 0 Å². The van der Waals surface area contributed by atoms with Gasteiger partial charge in [-0.2, -0.15) is 0 Å². The summed E-state index contributed by atoms with van der Waals surface area (Å²) in [6, 6.07) is 0. The summed E-state index contributed by atoms with van der Waals surface area (Å²) < 4.78 is 0. The summed E-state index contributed by atoms with van der Waals surface area (Å²) in [5.41, 5.74) is 6.11. The topological polar surface area (TPSA) is 0 Å². The molecule has 0 atom stereocenters. The van der Waals surface area contributed by atoms with E-state index in [0.717, 1.165) is 0 Å². The van der Waals surface area contributed by atoms with Crippen LogP contribution in [0.2, 0.25) is 0 Å². The molecular formula is C10H16Cl3Ru. The molecular weight excluding hydrogens is 328 g/mol. The molecule has 1 aliphatic rings. The third-order valence-electron chi connectivity index (χ3n) is 3.04. The van der Waals surface area contributed by atoms with Crippen molar-refractivity contribution < 1.29 is 56.7 Å². The molecule has 0 nitrogen and oxygen atoms in total. The second-order valence-electron chi connectivity index (χ2n) is 3.34. The molecule has 0 aromatic rings. The van der Waals surface area contributed by atoms with Crippen LogP contribution in [0.5, 0.6) is 0 Å². The third kappa shape index (κ3) is 4.23. The van der Waals surface area contributed by atoms with E-state index in [9.17, 15) is 0 Å². The quantitative estimate of drug-likeness (QED) is 0.385. The van der Waals surface area contributed by atoms with Gasteiger partial charge in [0.25, 0.3) is 0 Å². The van der Waals surface area contributed by atoms with E-state index in [4.69, 9.17) is 0 Å². The fourth-order valence-electron chi connectivity index (χ4n) is 1.57. The van der Waals surface area contributed by atoms with E-state index in [2.05, 4.69) is 34.6 Å². The largest absolute Gasteiger partial charge is 3.00 e. The van der Waals surface area contributed by atoms with E-state index >= 15 is 0 Å². The van der Waals surface area contributed by atoms with Gasteiger partial charge in [-0.3, -0.25) is 0 Å². The summed E-state index contributed by atoms with van der Waals surface area (Å²) in [4.78, 5) is 0. The van der Waals surface area contributed by atoms with Crippen molar-refractivity contribution in [1.29, 1.82) is 0 Å². The first-order chi connectivity index (χ1) is 4.55. The van der Waals surface area contributed by atoms with E-state index < -0.39 is 0 Å². The summed E-state index contributed by atoms with van der Waals surface area (Å²) in [6.45, 7) is 11.2. The summed E-state index contributed by atoms with van der Waals surface area (Å²) in [5.74, 6) is 0.694. The Morgan fingerprint density at radius 3 is 1.00 bits per heavy atom. The monoisotopic (exact) mass is 343 g/mol. The van der Waals surface area contributed by atoms with Crippen LogP contribution in [0.25, 0.3) is 0 Å². The van der Waals surface area contributed by atoms with Gasteiger partial charge >= 0.3 is 19.5 Å². The standard InChI is InChI=1S/C10H16.3ClH.Ru/c1-6-7(2)9(4)10(5)8(6)3;;;;/h6H,1-5H3;3*1H;/q;;;;+3/p-3. The molecule has 0 saturated heterocycles. The van der Waals surface area contributed by atoms with Gasteiger partial charge in [0.2, 0.25) is 0 Å². The van der Waals surface area contributed by atoms with E-state index in [0.29, 0.717) is 5.92 Å². The van der Waals surface area contributed by atoms with Crippen molar-refractivity contribution >= 4 is 0 Å². The molecule has 0 fully saturated rings. The number of allylic oxidation sites excluding steroid dienone is 4. The number of rotatable bonds is 0. The molecule has 0 aromatic carbocycles. The van der Waals surface area contributed by atoms with Crippen molar-refractivity contribution in [2.24, 2.45) is 5.92 Å². The van der Waals surface area contributed by atoms with Gasteiger partial charge in [0.15, 0.2) is 0 Å². The van der Waals surface area contributed by atoms with E-state index in [1.165, 1.54) is 11.1 Å². The van der Waals surface area contributed by atoms with Gasteiger partial charge < -0.3 is 37.2 Å². The molecule has 0 spiro atoms. The molecule has 0 N–H and O–H groups in total. The second-order valence-corrected chi connectivity index (χ2v) is 3.34. The van der Waals surface area contributed by atoms with Crippen LogP contribution >= 0.6 is 0 Å². The first kappa shape index (κ1) is 24.3. The fourth-order valence-corrected chi connectivity index (χ4v) is 1.57. The van der Waals surface area contributed by atoms with Crippen molar-refractivity contribution in [2.45, 2.75) is 34.6 Å². The van der Waals surface area contributed by atoms with Crippen LogP contribution in [0.1, 0.15) is 34.6 Å². The Balaban J connectivity index is -0.000000125. The van der Waals surface area contributed by atoms with Crippen LogP contribution in [0.15, 0.2) is 22.3 Å². The van der Waals surface area contributed by atoms with Crippen LogP contribution in [0, 0.1) is 5.92 Å². The second kappa shape index (κ2) is 9.22. The summed E-state index contributed by atoms with van der Waals surface area (Å²) in [7, 11) is 0. The zero-order chi connectivity index (χ0) is 7.89. The Bertz CT molecular complexity index is 208. The summed E-state index contributed by atoms with van der Waals surface area (Å²) in [6.07, 6.45) is 0. The van der Waals surface area contributed by atoms with E-state index in [1.54, 1.807) is 11.1 Å². The van der Waals surface area contributed by atoms with Gasteiger partial charge in [0, 0.05) is 0 Å². The molecule has 1 rings (SSSR count). The predicted octanol–water partition coefficient (Wildman–Crippen LogP) is -5.68. The van der Waals surface area contributed by atoms with Gasteiger partial charge in [-0.15, -0.1) is 0 Å². The van der Waals surface area contributed by atoms with E-state index in [1.807, 2.05) is 0 Å². The van der Waals surface area contributed by atoms with Gasteiger partial charge in [-0.1, -0.05) is 18.1 Å². The van der Waals surface area contributed by atoms with Crippen molar-refractivity contribution in [3.05, 3.63) is 22.3 Å². The molecule has 85 valence electrons. The van der Waals surface area contributed by atoms with Crippen molar-refractivity contribution in [1.82, 2.24) is 0 Å². The third-order valence-corrected chi connectivity index (χ3v) is 3.04. The molecule has 0 unspecified atom stereocenters. The normalized spacial score (nSPS) is 15.2. The first-order valence-electron chi connectivity index (χ1n) is 3.90. The smallest absolute Gasteiger partial charge is 1.00 e. The molecule has 0 aliphatic heterocycles. The van der Waals surface area contributed by atoms with Crippen molar-refractivity contribution in [2.75, 3.05) is 0 Å². The van der Waals surface area contributed by atoms with Gasteiger partial charge in [-0.05, 0) is 44.8 Å². The van der Waals surface area contributed by atoms with E-state index in [-0.39, 0.29) is 56.7 Å². The maximum atomic E-state index is 2.28. The molecule has 0 heterocycles. The molecule has 1 aliphatic carbocycles. The number of hydrogen-bond acceptors (Lipinski definition) is 0. The molecule has 0 amide bonds. The van der Waals surface area contributed by atoms with Crippen LogP contribution in [0.3, 0.4) is 0 Å². The minimum absolute atomic E-state index is 0. The zero-order valence-electron chi connectivity index (χ0n) is 9.06. The minimum atomic E-state index is 0. The Morgan fingerprint density at radius 2 is 0.929 bits per heavy atom. The Morgan fingerprint density at radius 1 is 0.714 bits per heavy atom. The molecule has 1 radical (unpaired) electrons. The van der Waals surface area contributed by atoms with Crippen LogP contribution in [-0.4, -0.2) is 0 Å². The first-order valence-corrected chi connectivity index (χ1v) is 3.90. The summed E-state index contributed by atoms with van der Waals surface area (Å²) >= 11 is 0. The Kier molecular flexibility index (Phi) is 16.0. The Labute approximate surface area is 119 Å². The molecule has 0 aromatic heterocycles. The van der Waals surface area contributed by atoms with Crippen molar-refractivity contribution in [3.63, 3.8) is 0 Å². The molecule has 4 heteroatoms. The van der Waals surface area contributed by atoms with Crippen LogP contribution < -0.4 is 37.2 Å². The maximum Gasteiger partial charge on any atom is 3.00 e. The number of hydrogen-bond donors (Lipinski definition) is 0. The predicted molar refractivity (Wildman–Crippen MR) is 45.9 cm³/mol.